The van der Waals surface area contributed by atoms with E-state index >= 15 is 0 Å². The van der Waals surface area contributed by atoms with Crippen molar-refractivity contribution in [2.45, 2.75) is 6.18 Å². The maximum Gasteiger partial charge on any atom is 0.420 e. The number of carbonyl (C=O) groups excluding carboxylic acids is 1. The van der Waals surface area contributed by atoms with E-state index in [1.54, 1.807) is 24.3 Å². The quantitative estimate of drug-likeness (QED) is 0.223. The lowest BCUT2D eigenvalue weighted by atomic mass is 9.98. The summed E-state index contributed by atoms with van der Waals surface area (Å²) in [4.78, 5) is 16.1. The van der Waals surface area contributed by atoms with Crippen molar-refractivity contribution < 1.29 is 35.9 Å². The molecule has 2 heterocycles. The SMILES string of the molecule is COC(=O)c1cc(C(F)(F)F)c2oc(-c3cccc(-c4ccc(F)cc4-c4nnco4)c3)nc2c1. The summed E-state index contributed by atoms with van der Waals surface area (Å²) in [6, 6.07) is 12.4. The Morgan fingerprint density at radius 3 is 2.49 bits per heavy atom. The number of nitrogens with zero attached hydrogens (tertiary/aromatic N) is 3. The molecule has 0 fully saturated rings. The second kappa shape index (κ2) is 8.35. The van der Waals surface area contributed by atoms with Gasteiger partial charge in [0.1, 0.15) is 16.9 Å². The maximum atomic E-state index is 13.9. The van der Waals surface area contributed by atoms with Crippen molar-refractivity contribution in [3.63, 3.8) is 0 Å². The molecule has 7 nitrogen and oxygen atoms in total. The molecule has 0 saturated heterocycles. The second-order valence-electron chi connectivity index (χ2n) is 7.40. The summed E-state index contributed by atoms with van der Waals surface area (Å²) in [5.41, 5.74) is -0.333. The van der Waals surface area contributed by atoms with Crippen LogP contribution < -0.4 is 0 Å². The molecule has 3 aromatic carbocycles. The molecule has 0 aliphatic heterocycles. The van der Waals surface area contributed by atoms with Crippen molar-refractivity contribution in [2.24, 2.45) is 0 Å². The van der Waals surface area contributed by atoms with Gasteiger partial charge in [-0.3, -0.25) is 0 Å². The molecule has 11 heteroatoms. The highest BCUT2D eigenvalue weighted by Gasteiger charge is 2.36. The monoisotopic (exact) mass is 483 g/mol. The summed E-state index contributed by atoms with van der Waals surface area (Å²) in [6.07, 6.45) is -3.69. The first-order valence-electron chi connectivity index (χ1n) is 10.0. The van der Waals surface area contributed by atoms with Gasteiger partial charge in [0.25, 0.3) is 0 Å². The predicted molar refractivity (Wildman–Crippen MR) is 114 cm³/mol. The number of rotatable bonds is 4. The van der Waals surface area contributed by atoms with E-state index in [0.29, 0.717) is 28.3 Å². The molecule has 0 bridgehead atoms. The first kappa shape index (κ1) is 22.3. The number of carbonyl (C=O) groups is 1. The Hall–Kier alpha value is -4.54. The maximum absolute atomic E-state index is 13.9. The molecule has 0 N–H and O–H groups in total. The number of methoxy groups -OCH3 is 1. The van der Waals surface area contributed by atoms with E-state index in [2.05, 4.69) is 19.9 Å². The Morgan fingerprint density at radius 2 is 1.77 bits per heavy atom. The Bertz CT molecular complexity index is 1560. The van der Waals surface area contributed by atoms with Crippen molar-refractivity contribution in [2.75, 3.05) is 7.11 Å². The highest BCUT2D eigenvalue weighted by atomic mass is 19.4. The van der Waals surface area contributed by atoms with E-state index in [9.17, 15) is 22.4 Å². The molecule has 0 atom stereocenters. The second-order valence-corrected chi connectivity index (χ2v) is 7.40. The van der Waals surface area contributed by atoms with Gasteiger partial charge in [0.2, 0.25) is 18.2 Å². The normalized spacial score (nSPS) is 11.7. The van der Waals surface area contributed by atoms with Crippen molar-refractivity contribution in [1.82, 2.24) is 15.2 Å². The van der Waals surface area contributed by atoms with E-state index < -0.39 is 29.1 Å². The van der Waals surface area contributed by atoms with E-state index in [1.807, 2.05) is 0 Å². The Kier molecular flexibility index (Phi) is 5.31. The van der Waals surface area contributed by atoms with Crippen molar-refractivity contribution >= 4 is 17.1 Å². The Morgan fingerprint density at radius 1 is 0.971 bits per heavy atom. The van der Waals surface area contributed by atoms with Crippen LogP contribution in [0.1, 0.15) is 15.9 Å². The highest BCUT2D eigenvalue weighted by Crippen LogP contribution is 2.39. The molecular weight excluding hydrogens is 470 g/mol. The van der Waals surface area contributed by atoms with Crippen LogP contribution in [0.5, 0.6) is 0 Å². The van der Waals surface area contributed by atoms with Crippen LogP contribution in [0.2, 0.25) is 0 Å². The molecule has 0 amide bonds. The minimum absolute atomic E-state index is 0.0944. The van der Waals surface area contributed by atoms with Crippen LogP contribution in [0.4, 0.5) is 17.6 Å². The summed E-state index contributed by atoms with van der Waals surface area (Å²) >= 11 is 0. The molecule has 0 unspecified atom stereocenters. The lowest BCUT2D eigenvalue weighted by molar-refractivity contribution is -0.136. The van der Waals surface area contributed by atoms with Gasteiger partial charge < -0.3 is 13.6 Å². The number of alkyl halides is 3. The standard InChI is InChI=1S/C24H13F4N3O4/c1-33-23(32)14-8-18(24(26,27)28)20-19(9-14)30-21(35-20)13-4-2-3-12(7-13)16-6-5-15(25)10-17(16)22-31-29-11-34-22/h2-11H,1H3. The summed E-state index contributed by atoms with van der Waals surface area (Å²) in [5, 5.41) is 7.44. The van der Waals surface area contributed by atoms with Gasteiger partial charge in [-0.1, -0.05) is 18.2 Å². The van der Waals surface area contributed by atoms with Crippen molar-refractivity contribution in [3.8, 4) is 34.0 Å². The van der Waals surface area contributed by atoms with Crippen LogP contribution in [-0.2, 0) is 10.9 Å². The lowest BCUT2D eigenvalue weighted by Gasteiger charge is -2.08. The number of aromatic nitrogens is 3. The number of oxazole rings is 1. The van der Waals surface area contributed by atoms with Crippen LogP contribution in [-0.4, -0.2) is 28.3 Å². The van der Waals surface area contributed by atoms with E-state index in [-0.39, 0.29) is 22.9 Å². The summed E-state index contributed by atoms with van der Waals surface area (Å²) in [7, 11) is 1.07. The number of ether oxygens (including phenoxy) is 1. The van der Waals surface area contributed by atoms with Gasteiger partial charge in [0, 0.05) is 11.1 Å². The third kappa shape index (κ3) is 4.12. The number of hydrogen-bond donors (Lipinski definition) is 0. The fourth-order valence-corrected chi connectivity index (χ4v) is 3.66. The molecule has 35 heavy (non-hydrogen) atoms. The molecule has 0 aliphatic rings. The van der Waals surface area contributed by atoms with Gasteiger partial charge >= 0.3 is 12.1 Å². The third-order valence-electron chi connectivity index (χ3n) is 5.21. The average Bonchev–Trinajstić information content (AvgIpc) is 3.52. The van der Waals surface area contributed by atoms with Crippen LogP contribution in [0.15, 0.2) is 69.8 Å². The lowest BCUT2D eigenvalue weighted by Crippen LogP contribution is -2.09. The van der Waals surface area contributed by atoms with E-state index in [0.717, 1.165) is 13.5 Å². The van der Waals surface area contributed by atoms with E-state index in [1.165, 1.54) is 24.3 Å². The van der Waals surface area contributed by atoms with Gasteiger partial charge in [-0.2, -0.15) is 13.2 Å². The molecule has 5 aromatic rings. The molecule has 0 radical (unpaired) electrons. The molecular formula is C24H13F4N3O4. The molecule has 2 aromatic heterocycles. The third-order valence-corrected chi connectivity index (χ3v) is 5.21. The van der Waals surface area contributed by atoms with Crippen LogP contribution >= 0.6 is 0 Å². The van der Waals surface area contributed by atoms with Gasteiger partial charge in [-0.25, -0.2) is 14.2 Å². The number of esters is 1. The number of fused-ring (bicyclic) bond motifs is 1. The van der Waals surface area contributed by atoms with Gasteiger partial charge in [0.05, 0.1) is 12.7 Å². The predicted octanol–water partition coefficient (Wildman–Crippen LogP) is 6.16. The molecule has 0 aliphatic carbocycles. The summed E-state index contributed by atoms with van der Waals surface area (Å²) < 4.78 is 70.2. The number of benzene rings is 3. The fraction of sp³-hybridized carbons (Fsp3) is 0.0833. The van der Waals surface area contributed by atoms with Crippen molar-refractivity contribution in [3.05, 3.63) is 77.9 Å². The largest absolute Gasteiger partial charge is 0.465 e. The summed E-state index contributed by atoms with van der Waals surface area (Å²) in [5.74, 6) is -1.46. The van der Waals surface area contributed by atoms with Gasteiger partial charge in [-0.15, -0.1) is 10.2 Å². The van der Waals surface area contributed by atoms with Crippen LogP contribution in [0, 0.1) is 5.82 Å². The summed E-state index contributed by atoms with van der Waals surface area (Å²) in [6.45, 7) is 0. The zero-order valence-electron chi connectivity index (χ0n) is 17.8. The minimum Gasteiger partial charge on any atom is -0.465 e. The highest BCUT2D eigenvalue weighted by molar-refractivity contribution is 5.95. The smallest absolute Gasteiger partial charge is 0.420 e. The molecule has 0 saturated carbocycles. The molecule has 0 spiro atoms. The van der Waals surface area contributed by atoms with Gasteiger partial charge in [-0.05, 0) is 47.5 Å². The van der Waals surface area contributed by atoms with Crippen molar-refractivity contribution in [1.29, 1.82) is 0 Å². The molecule has 176 valence electrons. The van der Waals surface area contributed by atoms with Crippen LogP contribution in [0.25, 0.3) is 45.1 Å². The first-order valence-corrected chi connectivity index (χ1v) is 10.0. The fourth-order valence-electron chi connectivity index (χ4n) is 3.66. The zero-order chi connectivity index (χ0) is 24.7. The first-order chi connectivity index (χ1) is 16.7. The zero-order valence-corrected chi connectivity index (χ0v) is 17.8. The molecule has 5 rings (SSSR count). The Balaban J connectivity index is 1.65. The van der Waals surface area contributed by atoms with E-state index in [4.69, 9.17) is 8.83 Å². The minimum atomic E-state index is -4.80. The average molecular weight is 483 g/mol. The van der Waals surface area contributed by atoms with Gasteiger partial charge in [0.15, 0.2) is 5.58 Å². The van der Waals surface area contributed by atoms with Crippen LogP contribution in [0.3, 0.4) is 0 Å². The Labute approximate surface area is 194 Å². The number of hydrogen-bond acceptors (Lipinski definition) is 7. The topological polar surface area (TPSA) is 91.2 Å². The number of halogens is 4.